The highest BCUT2D eigenvalue weighted by atomic mass is 32.2. The first-order valence-electron chi connectivity index (χ1n) is 12.0. The predicted octanol–water partition coefficient (Wildman–Crippen LogP) is 3.61. The van der Waals surface area contributed by atoms with Crippen molar-refractivity contribution < 1.29 is 46.6 Å². The number of carboxylic acid groups (broad SMARTS) is 1. The van der Waals surface area contributed by atoms with Crippen LogP contribution < -0.4 is 0 Å². The third kappa shape index (κ3) is 19.3. The molecule has 3 saturated carbocycles. The van der Waals surface area contributed by atoms with Gasteiger partial charge in [-0.05, 0) is 63.2 Å². The molecule has 12 heteroatoms. The minimum Gasteiger partial charge on any atom is -0.481 e. The Morgan fingerprint density at radius 2 is 1.21 bits per heavy atom. The molecule has 1 heterocycles. The van der Waals surface area contributed by atoms with Gasteiger partial charge >= 0.3 is 5.97 Å². The van der Waals surface area contributed by atoms with Crippen molar-refractivity contribution in [2.45, 2.75) is 92.0 Å². The van der Waals surface area contributed by atoms with Crippen molar-refractivity contribution in [3.8, 4) is 0 Å². The van der Waals surface area contributed by atoms with Crippen molar-refractivity contribution in [3.05, 3.63) is 0 Å². The molecule has 3 aliphatic carbocycles. The van der Waals surface area contributed by atoms with E-state index in [9.17, 15) is 13.2 Å². The Hall–Kier alpha value is -0.755. The van der Waals surface area contributed by atoms with E-state index in [0.29, 0.717) is 50.1 Å². The summed E-state index contributed by atoms with van der Waals surface area (Å²) >= 11 is 0. The fourth-order valence-electron chi connectivity index (χ4n) is 3.71. The maximum atomic E-state index is 10.6. The highest BCUT2D eigenvalue weighted by Gasteiger charge is 2.34. The van der Waals surface area contributed by atoms with Crippen molar-refractivity contribution in [1.82, 2.24) is 0 Å². The number of aliphatic carboxylic acids is 1. The van der Waals surface area contributed by atoms with E-state index in [1.165, 1.54) is 12.8 Å². The van der Waals surface area contributed by atoms with Gasteiger partial charge in [-0.15, -0.1) is 0 Å². The van der Waals surface area contributed by atoms with Crippen LogP contribution in [0.1, 0.15) is 73.6 Å². The van der Waals surface area contributed by atoms with Crippen LogP contribution in [-0.4, -0.2) is 105 Å². The van der Waals surface area contributed by atoms with Crippen LogP contribution in [0.2, 0.25) is 0 Å². The van der Waals surface area contributed by atoms with Crippen molar-refractivity contribution in [3.63, 3.8) is 0 Å². The predicted molar refractivity (Wildman–Crippen MR) is 152 cm³/mol. The number of hydrogen-bond acceptors (Lipinski definition) is 9. The Morgan fingerprint density at radius 1 is 0.816 bits per heavy atom. The van der Waals surface area contributed by atoms with E-state index in [2.05, 4.69) is 4.18 Å². The highest BCUT2D eigenvalue weighted by molar-refractivity contribution is 7.85. The SMILES string of the molecule is C.C.C.C1CCOC1.COC1CC(C(=O)O)C1.COC1CC(CO)C1.COC1CC(COS(C)(=O)=O)C1.[B]. The van der Waals surface area contributed by atoms with Gasteiger partial charge in [0.25, 0.3) is 10.1 Å². The lowest BCUT2D eigenvalue weighted by molar-refractivity contribution is -0.149. The second kappa shape index (κ2) is 24.1. The summed E-state index contributed by atoms with van der Waals surface area (Å²) in [6, 6.07) is 0. The van der Waals surface area contributed by atoms with E-state index in [1.54, 1.807) is 21.3 Å². The summed E-state index contributed by atoms with van der Waals surface area (Å²) in [4.78, 5) is 10.2. The van der Waals surface area contributed by atoms with Gasteiger partial charge in [-0.2, -0.15) is 8.42 Å². The standard InChI is InChI=1S/C7H14O4S.C6H10O3.C6H12O2.C4H8O.3CH4.B/c1-10-7-3-6(4-7)5-11-12(2,8)9;1-9-5-2-4(3-5)6(7)8;1-8-6-2-5(3-6)4-7;1-2-4-5-3-1;;;;/h6-7H,3-5H2,1-2H3;4-5H,2-3H2,1H3,(H,7,8);5-7H,2-4H2,1H3;1-4H2;3*1H4;. The molecule has 0 spiro atoms. The van der Waals surface area contributed by atoms with Gasteiger partial charge in [-0.3, -0.25) is 8.98 Å². The molecule has 0 aromatic heterocycles. The van der Waals surface area contributed by atoms with Crippen molar-refractivity contribution >= 4 is 24.5 Å². The molecular formula is C26H56BO10S. The maximum Gasteiger partial charge on any atom is 0.306 e. The molecule has 0 atom stereocenters. The lowest BCUT2D eigenvalue weighted by Gasteiger charge is -2.33. The van der Waals surface area contributed by atoms with Gasteiger partial charge < -0.3 is 29.2 Å². The van der Waals surface area contributed by atoms with Crippen LogP contribution in [0.4, 0.5) is 0 Å². The van der Waals surface area contributed by atoms with E-state index in [0.717, 1.165) is 45.2 Å². The lowest BCUT2D eigenvalue weighted by atomic mass is 9.82. The largest absolute Gasteiger partial charge is 0.481 e. The first-order valence-corrected chi connectivity index (χ1v) is 13.8. The van der Waals surface area contributed by atoms with Crippen LogP contribution >= 0.6 is 0 Å². The first kappa shape index (κ1) is 44.3. The van der Waals surface area contributed by atoms with Gasteiger partial charge in [0.15, 0.2) is 0 Å². The van der Waals surface area contributed by atoms with E-state index >= 15 is 0 Å². The number of methoxy groups -OCH3 is 3. The highest BCUT2D eigenvalue weighted by Crippen LogP contribution is 2.30. The van der Waals surface area contributed by atoms with Crippen LogP contribution in [0.25, 0.3) is 0 Å². The van der Waals surface area contributed by atoms with E-state index < -0.39 is 16.1 Å². The number of carboxylic acids is 1. The summed E-state index contributed by atoms with van der Waals surface area (Å²) in [6.07, 6.45) is 9.85. The topological polar surface area (TPSA) is 138 Å². The number of hydrogen-bond donors (Lipinski definition) is 2. The minimum atomic E-state index is -3.26. The monoisotopic (exact) mass is 571 g/mol. The number of carbonyl (C=O) groups is 1. The molecule has 2 N–H and O–H groups in total. The summed E-state index contributed by atoms with van der Waals surface area (Å²) in [7, 11) is 1.74. The third-order valence-corrected chi connectivity index (χ3v) is 7.00. The van der Waals surface area contributed by atoms with Gasteiger partial charge in [0.1, 0.15) is 0 Å². The molecule has 1 saturated heterocycles. The Labute approximate surface area is 234 Å². The van der Waals surface area contributed by atoms with Crippen LogP contribution in [-0.2, 0) is 38.0 Å². The maximum absolute atomic E-state index is 10.6. The second-order valence-electron chi connectivity index (χ2n) is 9.25. The number of ether oxygens (including phenoxy) is 4. The smallest absolute Gasteiger partial charge is 0.306 e. The number of rotatable bonds is 8. The fourth-order valence-corrected chi connectivity index (χ4v) is 4.15. The summed E-state index contributed by atoms with van der Waals surface area (Å²) in [6.45, 7) is 2.64. The molecule has 38 heavy (non-hydrogen) atoms. The molecule has 0 unspecified atom stereocenters. The first-order chi connectivity index (χ1) is 16.1. The molecule has 10 nitrogen and oxygen atoms in total. The summed E-state index contributed by atoms with van der Waals surface area (Å²) < 4.78 is 45.7. The summed E-state index contributed by atoms with van der Waals surface area (Å²) in [5.41, 5.74) is 0. The molecule has 3 radical (unpaired) electrons. The van der Waals surface area contributed by atoms with Gasteiger partial charge in [0.2, 0.25) is 0 Å². The molecule has 0 aromatic carbocycles. The minimum absolute atomic E-state index is 0. The summed E-state index contributed by atoms with van der Waals surface area (Å²) in [5, 5.41) is 16.9. The van der Waals surface area contributed by atoms with Crippen molar-refractivity contribution in [1.29, 1.82) is 0 Å². The van der Waals surface area contributed by atoms with E-state index in [1.807, 2.05) is 0 Å². The molecular weight excluding hydrogens is 515 g/mol. The zero-order valence-corrected chi connectivity index (χ0v) is 22.4. The van der Waals surface area contributed by atoms with Crippen LogP contribution in [0.3, 0.4) is 0 Å². The van der Waals surface area contributed by atoms with E-state index in [-0.39, 0.29) is 42.7 Å². The van der Waals surface area contributed by atoms with Crippen molar-refractivity contribution in [2.75, 3.05) is 54.0 Å². The Kier molecular flexibility index (Phi) is 28.0. The molecule has 4 rings (SSSR count). The zero-order chi connectivity index (χ0) is 25.6. The molecule has 0 bridgehead atoms. The fraction of sp³-hybridized carbons (Fsp3) is 0.962. The number of aliphatic hydroxyl groups excluding tert-OH is 1. The Morgan fingerprint density at radius 3 is 1.50 bits per heavy atom. The van der Waals surface area contributed by atoms with Gasteiger partial charge in [0.05, 0.1) is 37.1 Å². The summed E-state index contributed by atoms with van der Waals surface area (Å²) in [5.74, 6) is 0.0443. The van der Waals surface area contributed by atoms with E-state index in [4.69, 9.17) is 29.2 Å². The molecule has 4 fully saturated rings. The molecule has 0 amide bonds. The van der Waals surface area contributed by atoms with Crippen molar-refractivity contribution in [2.24, 2.45) is 17.8 Å². The van der Waals surface area contributed by atoms with Gasteiger partial charge in [-0.25, -0.2) is 0 Å². The second-order valence-corrected chi connectivity index (χ2v) is 10.9. The molecule has 0 aromatic rings. The Balaban J connectivity index is -0.000000202. The zero-order valence-electron chi connectivity index (χ0n) is 21.6. The molecule has 4 aliphatic rings. The molecule has 229 valence electrons. The molecule has 1 aliphatic heterocycles. The Bertz CT molecular complexity index is 627. The van der Waals surface area contributed by atoms with Crippen LogP contribution in [0.15, 0.2) is 0 Å². The van der Waals surface area contributed by atoms with Gasteiger partial charge in [-0.1, -0.05) is 22.3 Å². The average Bonchev–Trinajstić information content (AvgIpc) is 3.26. The number of aliphatic hydroxyl groups is 1. The van der Waals surface area contributed by atoms with Crippen LogP contribution in [0.5, 0.6) is 0 Å². The normalized spacial score (nSPS) is 28.2. The lowest BCUT2D eigenvalue weighted by Crippen LogP contribution is -2.35. The average molecular weight is 572 g/mol. The van der Waals surface area contributed by atoms with Crippen LogP contribution in [0, 0.1) is 17.8 Å². The quantitative estimate of drug-likeness (QED) is 0.328. The third-order valence-electron chi connectivity index (χ3n) is 6.43. The van der Waals surface area contributed by atoms with Gasteiger partial charge in [0, 0.05) is 49.6 Å².